The quantitative estimate of drug-likeness (QED) is 0.485. The minimum atomic E-state index is -5.24. The van der Waals surface area contributed by atoms with Crippen LogP contribution in [-0.2, 0) is 10.0 Å². The van der Waals surface area contributed by atoms with Crippen LogP contribution in [0.25, 0.3) is 0 Å². The number of benzene rings is 2. The lowest BCUT2D eigenvalue weighted by Gasteiger charge is -2.36. The van der Waals surface area contributed by atoms with Crippen molar-refractivity contribution in [3.63, 3.8) is 0 Å². The van der Waals surface area contributed by atoms with Gasteiger partial charge in [0, 0.05) is 0 Å². The molecule has 0 spiro atoms. The number of hydrogen-bond acceptors (Lipinski definition) is 5. The predicted molar refractivity (Wildman–Crippen MR) is 108 cm³/mol. The van der Waals surface area contributed by atoms with Crippen molar-refractivity contribution in [3.8, 4) is 5.75 Å². The molecule has 1 amide bonds. The van der Waals surface area contributed by atoms with Gasteiger partial charge in [0.05, 0.1) is 21.7 Å². The topological polar surface area (TPSA) is 116 Å². The van der Waals surface area contributed by atoms with E-state index in [2.05, 4.69) is 0 Å². The second-order valence-electron chi connectivity index (χ2n) is 6.56. The highest BCUT2D eigenvalue weighted by Crippen LogP contribution is 2.44. The van der Waals surface area contributed by atoms with Gasteiger partial charge in [0.25, 0.3) is 5.91 Å². The Hall–Kier alpha value is -2.05. The van der Waals surface area contributed by atoms with Gasteiger partial charge in [-0.25, -0.2) is 13.1 Å². The fourth-order valence-corrected chi connectivity index (χ4v) is 4.26. The number of aromatic hydroxyl groups is 1. The summed E-state index contributed by atoms with van der Waals surface area (Å²) in [5.41, 5.74) is -4.40. The number of nitrogens with one attached hydrogen (secondary N) is 2. The van der Waals surface area contributed by atoms with E-state index in [1.54, 1.807) is 0 Å². The van der Waals surface area contributed by atoms with Gasteiger partial charge in [0.2, 0.25) is 10.0 Å². The number of carbonyl (C=O) groups is 1. The summed E-state index contributed by atoms with van der Waals surface area (Å²) in [6.07, 6.45) is -5.24. The Bertz CT molecular complexity index is 1110. The zero-order valence-electron chi connectivity index (χ0n) is 16.0. The standard InChI is InChI=1S/C18H17Cl2F3N2O5S/c1-17(28,18(21,22)23)15(25-16(27)9-5-3-4-6-11(9)26)10-7-8-12(14(20)13(10)19)31(29,30)24-2/h3-8,15,24,26,28H,1-2H3,(H,25,27). The highest BCUT2D eigenvalue weighted by molar-refractivity contribution is 7.89. The van der Waals surface area contributed by atoms with Gasteiger partial charge in [0.1, 0.15) is 10.6 Å². The Morgan fingerprint density at radius 1 is 1.10 bits per heavy atom. The fraction of sp³-hybridized carbons (Fsp3) is 0.278. The van der Waals surface area contributed by atoms with E-state index in [0.717, 1.165) is 31.3 Å². The first-order chi connectivity index (χ1) is 14.1. The molecule has 0 saturated heterocycles. The van der Waals surface area contributed by atoms with Gasteiger partial charge in [-0.3, -0.25) is 4.79 Å². The molecule has 170 valence electrons. The Labute approximate surface area is 185 Å². The molecular formula is C18H17Cl2F3N2O5S. The van der Waals surface area contributed by atoms with Crippen LogP contribution in [0.5, 0.6) is 5.75 Å². The maximum absolute atomic E-state index is 13.6. The molecule has 0 radical (unpaired) electrons. The average molecular weight is 501 g/mol. The van der Waals surface area contributed by atoms with Crippen molar-refractivity contribution in [2.45, 2.75) is 29.6 Å². The van der Waals surface area contributed by atoms with Crippen LogP contribution in [0.3, 0.4) is 0 Å². The van der Waals surface area contributed by atoms with Gasteiger partial charge in [-0.15, -0.1) is 0 Å². The summed E-state index contributed by atoms with van der Waals surface area (Å²) >= 11 is 12.1. The maximum Gasteiger partial charge on any atom is 0.419 e. The summed E-state index contributed by atoms with van der Waals surface area (Å²) in [6, 6.07) is 4.64. The Morgan fingerprint density at radius 3 is 2.19 bits per heavy atom. The molecule has 0 saturated carbocycles. The van der Waals surface area contributed by atoms with Crippen molar-refractivity contribution in [2.75, 3.05) is 7.05 Å². The number of carbonyl (C=O) groups excluding carboxylic acids is 1. The summed E-state index contributed by atoms with van der Waals surface area (Å²) < 4.78 is 66.9. The van der Waals surface area contributed by atoms with E-state index in [4.69, 9.17) is 23.2 Å². The number of rotatable bonds is 6. The molecule has 7 nitrogen and oxygen atoms in total. The molecule has 0 aliphatic rings. The Balaban J connectivity index is 2.66. The molecule has 0 fully saturated rings. The van der Waals surface area contributed by atoms with E-state index in [-0.39, 0.29) is 5.56 Å². The van der Waals surface area contributed by atoms with Crippen molar-refractivity contribution in [1.82, 2.24) is 10.0 Å². The number of amides is 1. The second-order valence-corrected chi connectivity index (χ2v) is 9.17. The zero-order valence-corrected chi connectivity index (χ0v) is 18.3. The number of halogens is 5. The van der Waals surface area contributed by atoms with Crippen LogP contribution in [0, 0.1) is 0 Å². The molecular weight excluding hydrogens is 484 g/mol. The maximum atomic E-state index is 13.6. The van der Waals surface area contributed by atoms with E-state index in [1.165, 1.54) is 12.1 Å². The van der Waals surface area contributed by atoms with Crippen LogP contribution in [0.15, 0.2) is 41.3 Å². The van der Waals surface area contributed by atoms with E-state index in [0.29, 0.717) is 6.92 Å². The lowest BCUT2D eigenvalue weighted by molar-refractivity contribution is -0.263. The summed E-state index contributed by atoms with van der Waals surface area (Å²) in [7, 11) is -3.01. The summed E-state index contributed by atoms with van der Waals surface area (Å²) in [5, 5.41) is 20.9. The van der Waals surface area contributed by atoms with E-state index in [9.17, 15) is 36.6 Å². The zero-order chi connectivity index (χ0) is 23.8. The average Bonchev–Trinajstić information content (AvgIpc) is 2.67. The van der Waals surface area contributed by atoms with Crippen LogP contribution >= 0.6 is 23.2 Å². The molecule has 2 unspecified atom stereocenters. The van der Waals surface area contributed by atoms with Crippen LogP contribution in [0.4, 0.5) is 13.2 Å². The number of sulfonamides is 1. The van der Waals surface area contributed by atoms with Crippen molar-refractivity contribution in [2.24, 2.45) is 0 Å². The van der Waals surface area contributed by atoms with Crippen molar-refractivity contribution in [1.29, 1.82) is 0 Å². The molecule has 31 heavy (non-hydrogen) atoms. The molecule has 4 N–H and O–H groups in total. The van der Waals surface area contributed by atoms with Crippen LogP contribution < -0.4 is 10.0 Å². The molecule has 2 aromatic rings. The molecule has 0 aliphatic heterocycles. The monoisotopic (exact) mass is 500 g/mol. The highest BCUT2D eigenvalue weighted by Gasteiger charge is 2.56. The van der Waals surface area contributed by atoms with Gasteiger partial charge < -0.3 is 15.5 Å². The van der Waals surface area contributed by atoms with Crippen molar-refractivity contribution >= 4 is 39.1 Å². The lowest BCUT2D eigenvalue weighted by atomic mass is 9.89. The third kappa shape index (κ3) is 4.90. The molecule has 0 bridgehead atoms. The number of phenols is 1. The number of phenolic OH excluding ortho intramolecular Hbond substituents is 1. The molecule has 0 aromatic heterocycles. The first-order valence-corrected chi connectivity index (χ1v) is 10.7. The van der Waals surface area contributed by atoms with E-state index >= 15 is 0 Å². The fourth-order valence-electron chi connectivity index (χ4n) is 2.65. The minimum Gasteiger partial charge on any atom is -0.507 e. The molecule has 2 atom stereocenters. The van der Waals surface area contributed by atoms with Crippen molar-refractivity contribution < 1.29 is 36.6 Å². The van der Waals surface area contributed by atoms with E-state index in [1.807, 2.05) is 10.0 Å². The van der Waals surface area contributed by atoms with Gasteiger partial charge in [-0.2, -0.15) is 13.2 Å². The first-order valence-electron chi connectivity index (χ1n) is 8.44. The predicted octanol–water partition coefficient (Wildman–Crippen LogP) is 3.39. The van der Waals surface area contributed by atoms with Gasteiger partial charge >= 0.3 is 6.18 Å². The number of alkyl halides is 3. The minimum absolute atomic E-state index is 0.359. The molecule has 0 aliphatic carbocycles. The Morgan fingerprint density at radius 2 is 1.68 bits per heavy atom. The molecule has 0 heterocycles. The van der Waals surface area contributed by atoms with Gasteiger partial charge in [-0.05, 0) is 37.7 Å². The number of aliphatic hydroxyl groups is 1. The molecule has 2 rings (SSSR count). The summed E-state index contributed by atoms with van der Waals surface area (Å²) in [5.74, 6) is -1.66. The largest absolute Gasteiger partial charge is 0.507 e. The SMILES string of the molecule is CNS(=O)(=O)c1ccc(C(NC(=O)c2ccccc2O)C(C)(O)C(F)(F)F)c(Cl)c1Cl. The third-order valence-electron chi connectivity index (χ3n) is 4.51. The van der Waals surface area contributed by atoms with Crippen LogP contribution in [-0.4, -0.2) is 43.4 Å². The summed E-state index contributed by atoms with van der Waals surface area (Å²) in [6.45, 7) is 0.408. The number of hydrogen-bond donors (Lipinski definition) is 4. The first kappa shape index (κ1) is 25.2. The third-order valence-corrected chi connectivity index (χ3v) is 6.97. The Kier molecular flexibility index (Phi) is 7.18. The lowest BCUT2D eigenvalue weighted by Crippen LogP contribution is -2.53. The second kappa shape index (κ2) is 8.83. The normalized spacial score (nSPS) is 15.2. The van der Waals surface area contributed by atoms with Gasteiger partial charge in [0.15, 0.2) is 5.60 Å². The summed E-state index contributed by atoms with van der Waals surface area (Å²) in [4.78, 5) is 12.0. The highest BCUT2D eigenvalue weighted by atomic mass is 35.5. The van der Waals surface area contributed by atoms with Crippen LogP contribution in [0.1, 0.15) is 28.9 Å². The molecule has 13 heteroatoms. The van der Waals surface area contributed by atoms with Gasteiger partial charge in [-0.1, -0.05) is 41.4 Å². The van der Waals surface area contributed by atoms with Crippen LogP contribution in [0.2, 0.25) is 10.0 Å². The number of para-hydroxylation sites is 1. The van der Waals surface area contributed by atoms with E-state index < -0.39 is 60.0 Å². The van der Waals surface area contributed by atoms with Crippen molar-refractivity contribution in [3.05, 3.63) is 57.6 Å². The molecule has 2 aromatic carbocycles. The smallest absolute Gasteiger partial charge is 0.419 e.